The van der Waals surface area contributed by atoms with Crippen molar-refractivity contribution in [1.82, 2.24) is 0 Å². The minimum atomic E-state index is -0.263. The summed E-state index contributed by atoms with van der Waals surface area (Å²) >= 11 is 6.05. The van der Waals surface area contributed by atoms with E-state index in [9.17, 15) is 4.79 Å². The lowest BCUT2D eigenvalue weighted by Gasteiger charge is -2.23. The average molecular weight is 393 g/mol. The van der Waals surface area contributed by atoms with E-state index in [1.54, 1.807) is 30.3 Å². The first-order chi connectivity index (χ1) is 13.5. The number of halogens is 1. The number of nitriles is 2. The highest BCUT2D eigenvalue weighted by Gasteiger charge is 2.08. The lowest BCUT2D eigenvalue weighted by molar-refractivity contribution is -0.111. The normalized spacial score (nSPS) is 10.3. The van der Waals surface area contributed by atoms with Gasteiger partial charge in [0, 0.05) is 24.9 Å². The summed E-state index contributed by atoms with van der Waals surface area (Å²) < 4.78 is 0. The Balaban J connectivity index is 2.09. The number of carbonyl (C=O) groups excluding carboxylic acids is 1. The van der Waals surface area contributed by atoms with Gasteiger partial charge in [-0.15, -0.1) is 0 Å². The van der Waals surface area contributed by atoms with Gasteiger partial charge in [-0.1, -0.05) is 29.8 Å². The molecule has 0 aromatic heterocycles. The predicted octanol–water partition coefficient (Wildman–Crippen LogP) is 4.93. The Hall–Kier alpha value is -3.28. The van der Waals surface area contributed by atoms with Gasteiger partial charge < -0.3 is 10.2 Å². The third-order valence-corrected chi connectivity index (χ3v) is 4.48. The molecule has 142 valence electrons. The molecule has 0 bridgehead atoms. The van der Waals surface area contributed by atoms with Crippen molar-refractivity contribution >= 4 is 35.0 Å². The molecule has 2 rings (SSSR count). The number of rotatable bonds is 8. The maximum absolute atomic E-state index is 12.1. The van der Waals surface area contributed by atoms with Gasteiger partial charge in [0.1, 0.15) is 0 Å². The van der Waals surface area contributed by atoms with Gasteiger partial charge in [-0.25, -0.2) is 0 Å². The van der Waals surface area contributed by atoms with Crippen molar-refractivity contribution in [2.24, 2.45) is 0 Å². The SMILES string of the molecule is Cc1cc(N(CCC#N)CCC#N)ccc1C=CC(=O)Nc1ccccc1Cl. The van der Waals surface area contributed by atoms with E-state index in [1.165, 1.54) is 6.08 Å². The number of anilines is 2. The number of carbonyl (C=O) groups is 1. The van der Waals surface area contributed by atoms with Gasteiger partial charge in [0.05, 0.1) is 35.7 Å². The van der Waals surface area contributed by atoms with Crippen LogP contribution in [0.5, 0.6) is 0 Å². The second-order valence-electron chi connectivity index (χ2n) is 6.15. The molecule has 0 atom stereocenters. The quantitative estimate of drug-likeness (QED) is 0.645. The third-order valence-electron chi connectivity index (χ3n) is 4.15. The highest BCUT2D eigenvalue weighted by atomic mass is 35.5. The summed E-state index contributed by atoms with van der Waals surface area (Å²) in [6, 6.07) is 17.2. The molecule has 0 spiro atoms. The van der Waals surface area contributed by atoms with E-state index < -0.39 is 0 Å². The van der Waals surface area contributed by atoms with Crippen LogP contribution in [0.3, 0.4) is 0 Å². The number of aryl methyl sites for hydroxylation is 1. The van der Waals surface area contributed by atoms with Crippen LogP contribution in [-0.4, -0.2) is 19.0 Å². The van der Waals surface area contributed by atoms with Crippen molar-refractivity contribution in [3.05, 3.63) is 64.7 Å². The maximum atomic E-state index is 12.1. The molecule has 0 aliphatic heterocycles. The largest absolute Gasteiger partial charge is 0.369 e. The first-order valence-corrected chi connectivity index (χ1v) is 9.26. The molecule has 6 heteroatoms. The van der Waals surface area contributed by atoms with Gasteiger partial charge in [0.2, 0.25) is 5.91 Å². The van der Waals surface area contributed by atoms with Gasteiger partial charge in [0.25, 0.3) is 0 Å². The Kier molecular flexibility index (Phi) is 8.09. The lowest BCUT2D eigenvalue weighted by Crippen LogP contribution is -2.25. The molecule has 0 aliphatic rings. The molecular formula is C22H21ClN4O. The summed E-state index contributed by atoms with van der Waals surface area (Å²) in [6.07, 6.45) is 4.01. The highest BCUT2D eigenvalue weighted by Crippen LogP contribution is 2.22. The smallest absolute Gasteiger partial charge is 0.248 e. The van der Waals surface area contributed by atoms with Crippen molar-refractivity contribution in [3.8, 4) is 12.1 Å². The Morgan fingerprint density at radius 1 is 1.14 bits per heavy atom. The number of para-hydroxylation sites is 1. The van der Waals surface area contributed by atoms with Gasteiger partial charge >= 0.3 is 0 Å². The standard InChI is InChI=1S/C22H21ClN4O/c1-17-16-19(27(14-4-12-24)15-5-13-25)10-8-18(17)9-11-22(28)26-21-7-3-2-6-20(21)23/h2-3,6-11,16H,4-5,14-15H2,1H3,(H,26,28). The Labute approximate surface area is 170 Å². The molecule has 0 radical (unpaired) electrons. The summed E-state index contributed by atoms with van der Waals surface area (Å²) in [4.78, 5) is 14.2. The van der Waals surface area contributed by atoms with E-state index >= 15 is 0 Å². The monoisotopic (exact) mass is 392 g/mol. The number of benzene rings is 2. The van der Waals surface area contributed by atoms with Crippen LogP contribution < -0.4 is 10.2 Å². The van der Waals surface area contributed by atoms with Crippen LogP contribution in [0.25, 0.3) is 6.08 Å². The molecule has 2 aromatic carbocycles. The third kappa shape index (κ3) is 6.16. The van der Waals surface area contributed by atoms with Crippen LogP contribution in [0.15, 0.2) is 48.5 Å². The van der Waals surface area contributed by atoms with Gasteiger partial charge in [-0.05, 0) is 48.4 Å². The number of nitrogens with zero attached hydrogens (tertiary/aromatic N) is 3. The van der Waals surface area contributed by atoms with E-state index in [2.05, 4.69) is 17.5 Å². The first kappa shape index (κ1) is 21.0. The second kappa shape index (κ2) is 10.8. The van der Waals surface area contributed by atoms with Crippen LogP contribution in [-0.2, 0) is 4.79 Å². The number of hydrogen-bond acceptors (Lipinski definition) is 4. The zero-order chi connectivity index (χ0) is 20.4. The van der Waals surface area contributed by atoms with Crippen molar-refractivity contribution in [2.75, 3.05) is 23.3 Å². The molecule has 0 heterocycles. The molecule has 1 amide bonds. The number of hydrogen-bond donors (Lipinski definition) is 1. The molecule has 0 aliphatic carbocycles. The summed E-state index contributed by atoms with van der Waals surface area (Å²) in [7, 11) is 0. The highest BCUT2D eigenvalue weighted by molar-refractivity contribution is 6.33. The minimum Gasteiger partial charge on any atom is -0.369 e. The van der Waals surface area contributed by atoms with Gasteiger partial charge in [0.15, 0.2) is 0 Å². The molecule has 2 aromatic rings. The van der Waals surface area contributed by atoms with Crippen molar-refractivity contribution in [3.63, 3.8) is 0 Å². The molecule has 0 unspecified atom stereocenters. The van der Waals surface area contributed by atoms with Crippen molar-refractivity contribution in [1.29, 1.82) is 10.5 Å². The molecule has 5 nitrogen and oxygen atoms in total. The Morgan fingerprint density at radius 2 is 1.82 bits per heavy atom. The zero-order valence-electron chi connectivity index (χ0n) is 15.7. The van der Waals surface area contributed by atoms with E-state index in [0.29, 0.717) is 36.6 Å². The molecule has 0 fully saturated rings. The van der Waals surface area contributed by atoms with Crippen LogP contribution in [0, 0.1) is 29.6 Å². The molecule has 0 saturated heterocycles. The van der Waals surface area contributed by atoms with Crippen LogP contribution >= 0.6 is 11.6 Å². The minimum absolute atomic E-state index is 0.263. The second-order valence-corrected chi connectivity index (χ2v) is 6.55. The molecule has 1 N–H and O–H groups in total. The van der Waals surface area contributed by atoms with Crippen LogP contribution in [0.4, 0.5) is 11.4 Å². The first-order valence-electron chi connectivity index (χ1n) is 8.88. The summed E-state index contributed by atoms with van der Waals surface area (Å²) in [6.45, 7) is 3.11. The van der Waals surface area contributed by atoms with Crippen LogP contribution in [0.1, 0.15) is 24.0 Å². The summed E-state index contributed by atoms with van der Waals surface area (Å²) in [5.41, 5.74) is 3.44. The maximum Gasteiger partial charge on any atom is 0.248 e. The van der Waals surface area contributed by atoms with E-state index in [-0.39, 0.29) is 5.91 Å². The number of nitrogens with one attached hydrogen (secondary N) is 1. The average Bonchev–Trinajstić information content (AvgIpc) is 2.69. The molecular weight excluding hydrogens is 372 g/mol. The Morgan fingerprint density at radius 3 is 2.43 bits per heavy atom. The van der Waals surface area contributed by atoms with E-state index in [1.807, 2.05) is 30.0 Å². The van der Waals surface area contributed by atoms with Gasteiger partial charge in [-0.3, -0.25) is 4.79 Å². The number of amides is 1. The topological polar surface area (TPSA) is 79.9 Å². The van der Waals surface area contributed by atoms with E-state index in [4.69, 9.17) is 22.1 Å². The molecule has 28 heavy (non-hydrogen) atoms. The fraction of sp³-hybridized carbons (Fsp3) is 0.227. The molecule has 0 saturated carbocycles. The fourth-order valence-electron chi connectivity index (χ4n) is 2.69. The fourth-order valence-corrected chi connectivity index (χ4v) is 2.87. The van der Waals surface area contributed by atoms with Crippen molar-refractivity contribution in [2.45, 2.75) is 19.8 Å². The van der Waals surface area contributed by atoms with Crippen LogP contribution in [0.2, 0.25) is 5.02 Å². The predicted molar refractivity (Wildman–Crippen MR) is 113 cm³/mol. The lowest BCUT2D eigenvalue weighted by atomic mass is 10.1. The van der Waals surface area contributed by atoms with Crippen molar-refractivity contribution < 1.29 is 4.79 Å². The van der Waals surface area contributed by atoms with E-state index in [0.717, 1.165) is 16.8 Å². The van der Waals surface area contributed by atoms with Gasteiger partial charge in [-0.2, -0.15) is 10.5 Å². The summed E-state index contributed by atoms with van der Waals surface area (Å²) in [5, 5.41) is 20.9. The summed E-state index contributed by atoms with van der Waals surface area (Å²) in [5.74, 6) is -0.263. The Bertz CT molecular complexity index is 922. The zero-order valence-corrected chi connectivity index (χ0v) is 16.4.